The van der Waals surface area contributed by atoms with E-state index in [2.05, 4.69) is 26.0 Å². The summed E-state index contributed by atoms with van der Waals surface area (Å²) in [7, 11) is 0. The molecule has 0 fully saturated rings. The molecule has 0 spiro atoms. The Balaban J connectivity index is -0.000000178. The van der Waals surface area contributed by atoms with Crippen molar-refractivity contribution in [2.75, 3.05) is 0 Å². The molecule has 0 amide bonds. The molecular weight excluding hydrogens is 156 g/mol. The van der Waals surface area contributed by atoms with Crippen molar-refractivity contribution in [2.45, 2.75) is 61.8 Å². The van der Waals surface area contributed by atoms with Gasteiger partial charge in [-0.25, -0.2) is 0 Å². The fraction of sp³-hybridized carbons (Fsp3) is 0.846. The summed E-state index contributed by atoms with van der Waals surface area (Å²) in [6.07, 6.45) is 7.18. The Kier molecular flexibility index (Phi) is 20.3. The fourth-order valence-corrected chi connectivity index (χ4v) is 1.09. The summed E-state index contributed by atoms with van der Waals surface area (Å²) in [6.45, 7) is 12.7. The van der Waals surface area contributed by atoms with E-state index in [1.807, 2.05) is 27.7 Å². The molecule has 0 aromatic rings. The maximum Gasteiger partial charge on any atom is -0.0322 e. The lowest BCUT2D eigenvalue weighted by molar-refractivity contribution is 0.380. The van der Waals surface area contributed by atoms with Gasteiger partial charge in [-0.3, -0.25) is 0 Å². The van der Waals surface area contributed by atoms with Crippen molar-refractivity contribution in [1.29, 1.82) is 0 Å². The molecule has 82 valence electrons. The van der Waals surface area contributed by atoms with Gasteiger partial charge in [-0.05, 0) is 24.7 Å². The number of hydrogen-bond acceptors (Lipinski definition) is 0. The van der Waals surface area contributed by atoms with E-state index in [1.54, 1.807) is 0 Å². The summed E-state index contributed by atoms with van der Waals surface area (Å²) in [6, 6.07) is 0. The molecule has 2 atom stereocenters. The second-order valence-corrected chi connectivity index (χ2v) is 2.90. The van der Waals surface area contributed by atoms with Crippen LogP contribution in [-0.4, -0.2) is 0 Å². The molecule has 1 rings (SSSR count). The van der Waals surface area contributed by atoms with E-state index in [-0.39, 0.29) is 7.43 Å². The topological polar surface area (TPSA) is 0 Å². The first kappa shape index (κ1) is 18.5. The molecule has 0 saturated heterocycles. The Morgan fingerprint density at radius 1 is 0.769 bits per heavy atom. The van der Waals surface area contributed by atoms with E-state index < -0.39 is 0 Å². The minimum Gasteiger partial charge on any atom is -0.0883 e. The average Bonchev–Trinajstić information content (AvgIpc) is 2.17. The Morgan fingerprint density at radius 2 is 1.00 bits per heavy atom. The van der Waals surface area contributed by atoms with Crippen LogP contribution in [0.25, 0.3) is 0 Å². The summed E-state index contributed by atoms with van der Waals surface area (Å²) in [5.41, 5.74) is 0. The number of allylic oxidation sites excluding steroid dienone is 2. The highest BCUT2D eigenvalue weighted by Gasteiger charge is 2.11. The summed E-state index contributed by atoms with van der Waals surface area (Å²) >= 11 is 0. The first-order chi connectivity index (χ1) is 5.80. The molecule has 0 aliphatic heterocycles. The van der Waals surface area contributed by atoms with Gasteiger partial charge in [0.05, 0.1) is 0 Å². The monoisotopic (exact) mass is 186 g/mol. The van der Waals surface area contributed by atoms with Crippen molar-refractivity contribution in [3.8, 4) is 0 Å². The Bertz CT molecular complexity index is 80.2. The highest BCUT2D eigenvalue weighted by Crippen LogP contribution is 2.23. The smallest absolute Gasteiger partial charge is 0.0322 e. The van der Waals surface area contributed by atoms with Crippen molar-refractivity contribution in [3.63, 3.8) is 0 Å². The van der Waals surface area contributed by atoms with Crippen molar-refractivity contribution < 1.29 is 0 Å². The number of hydrogen-bond donors (Lipinski definition) is 0. The van der Waals surface area contributed by atoms with Crippen LogP contribution in [-0.2, 0) is 0 Å². The Morgan fingerprint density at radius 3 is 1.15 bits per heavy atom. The molecule has 0 saturated carbocycles. The van der Waals surface area contributed by atoms with Crippen LogP contribution < -0.4 is 0 Å². The van der Waals surface area contributed by atoms with Gasteiger partial charge < -0.3 is 0 Å². The lowest BCUT2D eigenvalue weighted by atomic mass is 9.86. The molecule has 13 heavy (non-hydrogen) atoms. The van der Waals surface area contributed by atoms with E-state index in [9.17, 15) is 0 Å². The van der Waals surface area contributed by atoms with Crippen LogP contribution >= 0.6 is 0 Å². The highest BCUT2D eigenvalue weighted by molar-refractivity contribution is 4.91. The molecule has 0 nitrogen and oxygen atoms in total. The molecule has 0 heterocycles. The Hall–Kier alpha value is -0.260. The predicted molar refractivity (Wildman–Crippen MR) is 66.1 cm³/mol. The van der Waals surface area contributed by atoms with Gasteiger partial charge >= 0.3 is 0 Å². The predicted octanol–water partition coefficient (Wildman–Crippen LogP) is 5.30. The largest absolute Gasteiger partial charge is 0.0883 e. The zero-order valence-corrected chi connectivity index (χ0v) is 9.72. The van der Waals surface area contributed by atoms with Gasteiger partial charge in [0.2, 0.25) is 0 Å². The highest BCUT2D eigenvalue weighted by atomic mass is 14.2. The summed E-state index contributed by atoms with van der Waals surface area (Å²) < 4.78 is 0. The van der Waals surface area contributed by atoms with Crippen molar-refractivity contribution in [3.05, 3.63) is 12.2 Å². The molecule has 0 N–H and O–H groups in total. The van der Waals surface area contributed by atoms with E-state index >= 15 is 0 Å². The molecule has 0 radical (unpaired) electrons. The van der Waals surface area contributed by atoms with Gasteiger partial charge in [-0.15, -0.1) is 0 Å². The minimum atomic E-state index is 0. The second-order valence-electron chi connectivity index (χ2n) is 2.90. The fourth-order valence-electron chi connectivity index (χ4n) is 1.09. The minimum absolute atomic E-state index is 0. The van der Waals surface area contributed by atoms with E-state index in [0.717, 1.165) is 11.8 Å². The Labute approximate surface area is 86.4 Å². The average molecular weight is 186 g/mol. The molecule has 0 bridgehead atoms. The van der Waals surface area contributed by atoms with E-state index in [0.29, 0.717) is 0 Å². The molecule has 0 aromatic heterocycles. The zero-order valence-electron chi connectivity index (χ0n) is 9.72. The standard InChI is InChI=1S/C8H14.2C2H6.CH4/c1-7-5-3-4-6-8(7)2;2*1-2;/h3-4,7-8H,5-6H2,1-2H3;2*1-2H3;1H4/t7-,8?;;;/m0.../s1. The van der Waals surface area contributed by atoms with Gasteiger partial charge in [0.15, 0.2) is 0 Å². The first-order valence-electron chi connectivity index (χ1n) is 5.45. The first-order valence-corrected chi connectivity index (χ1v) is 5.45. The molecule has 0 heteroatoms. The third-order valence-electron chi connectivity index (χ3n) is 2.15. The summed E-state index contributed by atoms with van der Waals surface area (Å²) in [5, 5.41) is 0. The van der Waals surface area contributed by atoms with E-state index in [1.165, 1.54) is 12.8 Å². The van der Waals surface area contributed by atoms with Gasteiger partial charge in [0.1, 0.15) is 0 Å². The van der Waals surface area contributed by atoms with Crippen LogP contribution in [0.5, 0.6) is 0 Å². The van der Waals surface area contributed by atoms with Crippen LogP contribution in [0.4, 0.5) is 0 Å². The van der Waals surface area contributed by atoms with Crippen LogP contribution in [0.3, 0.4) is 0 Å². The molecule has 0 aromatic carbocycles. The normalized spacial score (nSPS) is 24.2. The lowest BCUT2D eigenvalue weighted by Gasteiger charge is -2.19. The molecule has 1 aliphatic rings. The number of rotatable bonds is 0. The maximum absolute atomic E-state index is 2.33. The summed E-state index contributed by atoms with van der Waals surface area (Å²) in [5.74, 6) is 1.83. The van der Waals surface area contributed by atoms with Crippen molar-refractivity contribution in [2.24, 2.45) is 11.8 Å². The lowest BCUT2D eigenvalue weighted by Crippen LogP contribution is -2.08. The quantitative estimate of drug-likeness (QED) is 0.450. The third-order valence-corrected chi connectivity index (χ3v) is 2.15. The molecule has 1 aliphatic carbocycles. The summed E-state index contributed by atoms with van der Waals surface area (Å²) in [4.78, 5) is 0. The molecular formula is C13H30. The zero-order chi connectivity index (χ0) is 9.98. The van der Waals surface area contributed by atoms with E-state index in [4.69, 9.17) is 0 Å². The van der Waals surface area contributed by atoms with Gasteiger partial charge in [0.25, 0.3) is 0 Å². The van der Waals surface area contributed by atoms with Gasteiger partial charge in [0, 0.05) is 0 Å². The van der Waals surface area contributed by atoms with Crippen LogP contribution in [0, 0.1) is 11.8 Å². The van der Waals surface area contributed by atoms with Crippen LogP contribution in [0.15, 0.2) is 12.2 Å². The molecule has 1 unspecified atom stereocenters. The van der Waals surface area contributed by atoms with Crippen LogP contribution in [0.1, 0.15) is 61.8 Å². The van der Waals surface area contributed by atoms with Crippen molar-refractivity contribution in [1.82, 2.24) is 0 Å². The second kappa shape index (κ2) is 14.3. The van der Waals surface area contributed by atoms with Crippen LogP contribution in [0.2, 0.25) is 0 Å². The van der Waals surface area contributed by atoms with Gasteiger partial charge in [-0.2, -0.15) is 0 Å². The SMILES string of the molecule is C.CC.CC.CC1CC=CC[C@@H]1C. The maximum atomic E-state index is 2.33. The van der Waals surface area contributed by atoms with Crippen molar-refractivity contribution >= 4 is 0 Å². The third kappa shape index (κ3) is 9.66. The van der Waals surface area contributed by atoms with Gasteiger partial charge in [-0.1, -0.05) is 61.1 Å².